The number of aromatic nitrogens is 2. The molecule has 0 atom stereocenters. The molecule has 0 aliphatic rings. The summed E-state index contributed by atoms with van der Waals surface area (Å²) in [7, 11) is -2.79. The van der Waals surface area contributed by atoms with E-state index in [4.69, 9.17) is 13.3 Å². The van der Waals surface area contributed by atoms with Crippen LogP contribution in [0, 0.1) is 0 Å². The van der Waals surface area contributed by atoms with Crippen LogP contribution in [0.2, 0.25) is 0 Å². The van der Waals surface area contributed by atoms with E-state index in [1.54, 1.807) is 0 Å². The maximum Gasteiger partial charge on any atom is 0.757 e. The van der Waals surface area contributed by atoms with Crippen LogP contribution >= 0.6 is 0 Å². The summed E-state index contributed by atoms with van der Waals surface area (Å²) in [4.78, 5) is 0. The lowest BCUT2D eigenvalue weighted by molar-refractivity contribution is -0.696. The molecule has 0 fully saturated rings. The first-order valence-corrected chi connectivity index (χ1v) is 8.88. The van der Waals surface area contributed by atoms with Crippen LogP contribution in [-0.4, -0.2) is 33.0 Å². The predicted octanol–water partition coefficient (Wildman–Crippen LogP) is -1.03. The van der Waals surface area contributed by atoms with Gasteiger partial charge in [0.25, 0.3) is 0 Å². The quantitative estimate of drug-likeness (QED) is 0.392. The standard InChI is InChI=1S/C13H27N2O3Si.BrH/c1-5-9-10-14-11-12-15(13-14)19(16-6-2,17-7-3)18-8-4;/h11-13H,5-10H2,1-4H3;1H/q+1;/p-1. The van der Waals surface area contributed by atoms with Crippen molar-refractivity contribution in [2.24, 2.45) is 0 Å². The normalized spacial score (nSPS) is 11.4. The van der Waals surface area contributed by atoms with E-state index in [9.17, 15) is 0 Å². The third kappa shape index (κ3) is 5.29. The Bertz CT molecular complexity index is 346. The molecule has 0 bridgehead atoms. The van der Waals surface area contributed by atoms with Gasteiger partial charge in [-0.2, -0.15) is 0 Å². The molecule has 1 aromatic rings. The first-order chi connectivity index (χ1) is 9.22. The third-order valence-corrected chi connectivity index (χ3v) is 5.62. The van der Waals surface area contributed by atoms with Crippen molar-refractivity contribution in [3.63, 3.8) is 0 Å². The van der Waals surface area contributed by atoms with Gasteiger partial charge in [-0.1, -0.05) is 13.3 Å². The van der Waals surface area contributed by atoms with E-state index in [-0.39, 0.29) is 17.0 Å². The lowest BCUT2D eigenvalue weighted by atomic mass is 10.3. The van der Waals surface area contributed by atoms with Crippen LogP contribution in [0.25, 0.3) is 0 Å². The Morgan fingerprint density at radius 1 is 1.00 bits per heavy atom. The zero-order chi connectivity index (χ0) is 14.1. The molecule has 0 unspecified atom stereocenters. The Hall–Kier alpha value is -0.213. The molecule has 118 valence electrons. The maximum absolute atomic E-state index is 5.86. The number of hydrogen-bond acceptors (Lipinski definition) is 3. The Morgan fingerprint density at radius 3 is 2.00 bits per heavy atom. The molecule has 0 saturated heterocycles. The van der Waals surface area contributed by atoms with E-state index in [0.29, 0.717) is 19.8 Å². The minimum Gasteiger partial charge on any atom is -1.00 e. The van der Waals surface area contributed by atoms with Gasteiger partial charge in [-0.05, 0) is 27.2 Å². The molecule has 20 heavy (non-hydrogen) atoms. The summed E-state index contributed by atoms with van der Waals surface area (Å²) in [5, 5.41) is 0. The van der Waals surface area contributed by atoms with Crippen molar-refractivity contribution in [2.75, 3.05) is 19.8 Å². The smallest absolute Gasteiger partial charge is 0.757 e. The van der Waals surface area contributed by atoms with Crippen LogP contribution in [0.15, 0.2) is 18.7 Å². The van der Waals surface area contributed by atoms with Crippen molar-refractivity contribution in [2.45, 2.75) is 47.1 Å². The fourth-order valence-corrected chi connectivity index (χ4v) is 4.26. The van der Waals surface area contributed by atoms with Crippen molar-refractivity contribution in [1.29, 1.82) is 0 Å². The lowest BCUT2D eigenvalue weighted by Crippen LogP contribution is -3.00. The van der Waals surface area contributed by atoms with Crippen LogP contribution in [0.3, 0.4) is 0 Å². The first kappa shape index (κ1) is 19.8. The summed E-state index contributed by atoms with van der Waals surface area (Å²) in [5.74, 6) is 0. The molecule has 0 amide bonds. The molecule has 0 aliphatic carbocycles. The molecular weight excluding hydrogens is 340 g/mol. The van der Waals surface area contributed by atoms with E-state index >= 15 is 0 Å². The number of imidazole rings is 1. The molecule has 5 nitrogen and oxygen atoms in total. The highest BCUT2D eigenvalue weighted by molar-refractivity contribution is 6.58. The average molecular weight is 367 g/mol. The van der Waals surface area contributed by atoms with E-state index in [1.807, 2.05) is 37.5 Å². The monoisotopic (exact) mass is 366 g/mol. The third-order valence-electron chi connectivity index (χ3n) is 2.76. The Kier molecular flexibility index (Phi) is 10.4. The lowest BCUT2D eigenvalue weighted by Gasteiger charge is -2.22. The molecular formula is C13H27BrN2O3Si. The van der Waals surface area contributed by atoms with Crippen molar-refractivity contribution in [3.05, 3.63) is 18.7 Å². The van der Waals surface area contributed by atoms with E-state index in [0.717, 1.165) is 6.54 Å². The number of rotatable bonds is 10. The summed E-state index contributed by atoms with van der Waals surface area (Å²) in [6, 6.07) is 0. The molecule has 0 N–H and O–H groups in total. The van der Waals surface area contributed by atoms with E-state index < -0.39 is 8.97 Å². The minimum absolute atomic E-state index is 0. The molecule has 0 spiro atoms. The molecule has 1 aromatic heterocycles. The van der Waals surface area contributed by atoms with Gasteiger partial charge in [0, 0.05) is 19.8 Å². The van der Waals surface area contributed by atoms with Crippen LogP contribution < -0.4 is 21.5 Å². The van der Waals surface area contributed by atoms with Gasteiger partial charge in [0.05, 0.1) is 6.54 Å². The highest BCUT2D eigenvalue weighted by Crippen LogP contribution is 2.12. The van der Waals surface area contributed by atoms with Gasteiger partial charge in [0.2, 0.25) is 6.33 Å². The first-order valence-electron chi connectivity index (χ1n) is 7.21. The van der Waals surface area contributed by atoms with Crippen LogP contribution in [0.5, 0.6) is 0 Å². The maximum atomic E-state index is 5.86. The summed E-state index contributed by atoms with van der Waals surface area (Å²) in [5.41, 5.74) is 0. The summed E-state index contributed by atoms with van der Waals surface area (Å²) < 4.78 is 21.7. The molecule has 1 rings (SSSR count). The summed E-state index contributed by atoms with van der Waals surface area (Å²) >= 11 is 0. The second-order valence-electron chi connectivity index (χ2n) is 4.24. The fourth-order valence-electron chi connectivity index (χ4n) is 1.92. The zero-order valence-corrected chi connectivity index (χ0v) is 15.6. The van der Waals surface area contributed by atoms with Gasteiger partial charge in [-0.3, -0.25) is 0 Å². The van der Waals surface area contributed by atoms with Gasteiger partial charge >= 0.3 is 8.97 Å². The highest BCUT2D eigenvalue weighted by atomic mass is 79.9. The summed E-state index contributed by atoms with van der Waals surface area (Å²) in [6.07, 6.45) is 8.42. The van der Waals surface area contributed by atoms with Gasteiger partial charge < -0.3 is 30.3 Å². The molecule has 1 heterocycles. The van der Waals surface area contributed by atoms with Crippen molar-refractivity contribution >= 4 is 8.97 Å². The van der Waals surface area contributed by atoms with E-state index in [2.05, 4.69) is 17.7 Å². The number of aryl methyl sites for hydroxylation is 1. The van der Waals surface area contributed by atoms with Gasteiger partial charge in [-0.25, -0.2) is 8.80 Å². The molecule has 0 aromatic carbocycles. The summed E-state index contributed by atoms with van der Waals surface area (Å²) in [6.45, 7) is 10.9. The van der Waals surface area contributed by atoms with Crippen molar-refractivity contribution < 1.29 is 34.8 Å². The number of halogens is 1. The number of unbranched alkanes of at least 4 members (excludes halogenated alkanes) is 1. The highest BCUT2D eigenvalue weighted by Gasteiger charge is 2.52. The fraction of sp³-hybridized carbons (Fsp3) is 0.769. The zero-order valence-electron chi connectivity index (χ0n) is 13.0. The molecule has 0 aliphatic heterocycles. The SMILES string of the molecule is CCCC[n+]1ccn([Si](OCC)(OCC)OCC)c1.[Br-]. The van der Waals surface area contributed by atoms with Crippen molar-refractivity contribution in [1.82, 2.24) is 4.23 Å². The number of nitrogens with zero attached hydrogens (tertiary/aromatic N) is 2. The molecule has 0 radical (unpaired) electrons. The molecule has 0 saturated carbocycles. The topological polar surface area (TPSA) is 36.5 Å². The minimum atomic E-state index is -2.79. The Balaban J connectivity index is 0.00000361. The van der Waals surface area contributed by atoms with Gasteiger partial charge in [-0.15, -0.1) is 0 Å². The second-order valence-corrected chi connectivity index (χ2v) is 6.67. The predicted molar refractivity (Wildman–Crippen MR) is 75.6 cm³/mol. The van der Waals surface area contributed by atoms with Crippen LogP contribution in [-0.2, 0) is 19.8 Å². The van der Waals surface area contributed by atoms with Crippen LogP contribution in [0.1, 0.15) is 40.5 Å². The Morgan fingerprint density at radius 2 is 1.55 bits per heavy atom. The van der Waals surface area contributed by atoms with Gasteiger partial charge in [0.1, 0.15) is 12.4 Å². The average Bonchev–Trinajstić information content (AvgIpc) is 2.86. The van der Waals surface area contributed by atoms with Crippen LogP contribution in [0.4, 0.5) is 0 Å². The number of hydrogen-bond donors (Lipinski definition) is 0. The van der Waals surface area contributed by atoms with E-state index in [1.165, 1.54) is 12.8 Å². The largest absolute Gasteiger partial charge is 1.00 e. The van der Waals surface area contributed by atoms with Gasteiger partial charge in [0.15, 0.2) is 0 Å². The Labute approximate surface area is 134 Å². The second kappa shape index (κ2) is 10.5. The van der Waals surface area contributed by atoms with Crippen molar-refractivity contribution in [3.8, 4) is 0 Å². The molecule has 7 heteroatoms.